The summed E-state index contributed by atoms with van der Waals surface area (Å²) in [6, 6.07) is 0. The minimum atomic E-state index is -0.289. The molecule has 0 saturated carbocycles. The van der Waals surface area contributed by atoms with Crippen molar-refractivity contribution in [3.05, 3.63) is 32.1 Å². The van der Waals surface area contributed by atoms with Gasteiger partial charge >= 0.3 is 11.4 Å². The standard InChI is InChI=1S/C9H11N3O4/c1-10-8(13)11-2-6-4-15-16-5-7(6)3-12(11)9(10)14/h2-5H2,1H3. The summed E-state index contributed by atoms with van der Waals surface area (Å²) < 4.78 is 3.99. The molecule has 0 bridgehead atoms. The number of fused-ring (bicyclic) bond motifs is 1. The highest BCUT2D eigenvalue weighted by atomic mass is 17.2. The molecule has 3 rings (SSSR count). The first-order valence-corrected chi connectivity index (χ1v) is 4.99. The van der Waals surface area contributed by atoms with E-state index in [1.807, 2.05) is 0 Å². The molecule has 0 aliphatic carbocycles. The van der Waals surface area contributed by atoms with E-state index in [9.17, 15) is 9.59 Å². The van der Waals surface area contributed by atoms with Crippen LogP contribution in [0.3, 0.4) is 0 Å². The molecule has 2 aliphatic heterocycles. The Morgan fingerprint density at radius 2 is 1.38 bits per heavy atom. The van der Waals surface area contributed by atoms with Crippen LogP contribution in [0.25, 0.3) is 0 Å². The monoisotopic (exact) mass is 225 g/mol. The molecule has 0 N–H and O–H groups in total. The van der Waals surface area contributed by atoms with Crippen LogP contribution in [0.5, 0.6) is 0 Å². The van der Waals surface area contributed by atoms with Crippen molar-refractivity contribution in [1.29, 1.82) is 0 Å². The number of hydrogen-bond acceptors (Lipinski definition) is 4. The lowest BCUT2D eigenvalue weighted by Gasteiger charge is -2.25. The van der Waals surface area contributed by atoms with Gasteiger partial charge in [-0.05, 0) is 11.1 Å². The first kappa shape index (κ1) is 9.61. The summed E-state index contributed by atoms with van der Waals surface area (Å²) in [5.74, 6) is 0. The Bertz CT molecular complexity index is 539. The zero-order valence-corrected chi connectivity index (χ0v) is 8.80. The Balaban J connectivity index is 2.15. The van der Waals surface area contributed by atoms with E-state index >= 15 is 0 Å². The molecule has 1 aromatic heterocycles. The van der Waals surface area contributed by atoms with Crippen LogP contribution >= 0.6 is 0 Å². The van der Waals surface area contributed by atoms with Crippen LogP contribution in [0.2, 0.25) is 0 Å². The second kappa shape index (κ2) is 3.19. The first-order chi connectivity index (χ1) is 7.68. The van der Waals surface area contributed by atoms with Crippen molar-refractivity contribution in [2.24, 2.45) is 7.05 Å². The molecule has 7 nitrogen and oxygen atoms in total. The van der Waals surface area contributed by atoms with Crippen molar-refractivity contribution in [2.45, 2.75) is 13.1 Å². The van der Waals surface area contributed by atoms with Crippen LogP contribution in [-0.4, -0.2) is 27.1 Å². The molecule has 2 aliphatic rings. The second-order valence-electron chi connectivity index (χ2n) is 3.97. The van der Waals surface area contributed by atoms with Crippen LogP contribution < -0.4 is 11.4 Å². The van der Waals surface area contributed by atoms with E-state index in [-0.39, 0.29) is 11.4 Å². The number of rotatable bonds is 0. The Labute approximate surface area is 90.0 Å². The molecular formula is C9H11N3O4. The van der Waals surface area contributed by atoms with Gasteiger partial charge in [-0.3, -0.25) is 0 Å². The molecule has 0 radical (unpaired) electrons. The normalized spacial score (nSPS) is 19.6. The third-order valence-corrected chi connectivity index (χ3v) is 3.04. The molecule has 0 aromatic carbocycles. The third kappa shape index (κ3) is 1.15. The van der Waals surface area contributed by atoms with Crippen LogP contribution in [0.4, 0.5) is 0 Å². The van der Waals surface area contributed by atoms with Crippen molar-refractivity contribution >= 4 is 0 Å². The van der Waals surface area contributed by atoms with E-state index in [1.54, 1.807) is 0 Å². The fraction of sp³-hybridized carbons (Fsp3) is 0.556. The lowest BCUT2D eigenvalue weighted by molar-refractivity contribution is -0.290. The van der Waals surface area contributed by atoms with Gasteiger partial charge in [-0.15, -0.1) is 0 Å². The van der Waals surface area contributed by atoms with Gasteiger partial charge in [-0.2, -0.15) is 0 Å². The van der Waals surface area contributed by atoms with Gasteiger partial charge in [-0.25, -0.2) is 33.3 Å². The Morgan fingerprint density at radius 3 is 1.81 bits per heavy atom. The molecule has 0 amide bonds. The lowest BCUT2D eigenvalue weighted by atomic mass is 10.1. The lowest BCUT2D eigenvalue weighted by Crippen LogP contribution is -2.36. The van der Waals surface area contributed by atoms with E-state index < -0.39 is 0 Å². The summed E-state index contributed by atoms with van der Waals surface area (Å²) in [6.07, 6.45) is 0. The second-order valence-corrected chi connectivity index (χ2v) is 3.97. The fourth-order valence-corrected chi connectivity index (χ4v) is 2.05. The molecule has 0 atom stereocenters. The average molecular weight is 225 g/mol. The van der Waals surface area contributed by atoms with Gasteiger partial charge in [0.2, 0.25) is 0 Å². The summed E-state index contributed by atoms with van der Waals surface area (Å²) in [4.78, 5) is 33.2. The summed E-state index contributed by atoms with van der Waals surface area (Å²) in [5, 5.41) is 0. The molecular weight excluding hydrogens is 214 g/mol. The Kier molecular flexibility index (Phi) is 1.92. The summed E-state index contributed by atoms with van der Waals surface area (Å²) >= 11 is 0. The number of nitrogens with zero attached hydrogens (tertiary/aromatic N) is 3. The van der Waals surface area contributed by atoms with Gasteiger partial charge in [0.15, 0.2) is 0 Å². The van der Waals surface area contributed by atoms with E-state index in [1.165, 1.54) is 16.4 Å². The third-order valence-electron chi connectivity index (χ3n) is 3.04. The van der Waals surface area contributed by atoms with Crippen molar-refractivity contribution in [3.63, 3.8) is 0 Å². The van der Waals surface area contributed by atoms with Crippen LogP contribution in [0.15, 0.2) is 20.7 Å². The zero-order chi connectivity index (χ0) is 11.3. The predicted molar refractivity (Wildman–Crippen MR) is 52.9 cm³/mol. The van der Waals surface area contributed by atoms with Gasteiger partial charge in [-0.1, -0.05) is 0 Å². The topological polar surface area (TPSA) is 67.4 Å². The molecule has 0 spiro atoms. The van der Waals surface area contributed by atoms with E-state index in [0.29, 0.717) is 26.3 Å². The van der Waals surface area contributed by atoms with Gasteiger partial charge in [0.25, 0.3) is 0 Å². The first-order valence-electron chi connectivity index (χ1n) is 4.99. The van der Waals surface area contributed by atoms with E-state index in [0.717, 1.165) is 15.7 Å². The van der Waals surface area contributed by atoms with E-state index in [4.69, 9.17) is 9.78 Å². The van der Waals surface area contributed by atoms with Crippen LogP contribution in [-0.2, 0) is 29.9 Å². The van der Waals surface area contributed by atoms with Crippen LogP contribution in [0, 0.1) is 0 Å². The van der Waals surface area contributed by atoms with Crippen molar-refractivity contribution in [1.82, 2.24) is 13.9 Å². The van der Waals surface area contributed by atoms with Crippen LogP contribution in [0.1, 0.15) is 0 Å². The minimum absolute atomic E-state index is 0.289. The maximum absolute atomic E-state index is 11.7. The molecule has 7 heteroatoms. The SMILES string of the molecule is Cn1c(=O)n2n(c1=O)CC1=C(COOC1)C2. The zero-order valence-electron chi connectivity index (χ0n) is 8.80. The highest BCUT2D eigenvalue weighted by Gasteiger charge is 2.25. The maximum Gasteiger partial charge on any atom is 0.347 e. The minimum Gasteiger partial charge on any atom is -0.246 e. The van der Waals surface area contributed by atoms with Crippen molar-refractivity contribution in [3.8, 4) is 0 Å². The van der Waals surface area contributed by atoms with Gasteiger partial charge in [0.05, 0.1) is 13.1 Å². The van der Waals surface area contributed by atoms with Gasteiger partial charge in [0, 0.05) is 7.05 Å². The molecule has 16 heavy (non-hydrogen) atoms. The van der Waals surface area contributed by atoms with Crippen molar-refractivity contribution < 1.29 is 9.78 Å². The smallest absolute Gasteiger partial charge is 0.246 e. The summed E-state index contributed by atoms with van der Waals surface area (Å²) in [6.45, 7) is 1.55. The maximum atomic E-state index is 11.7. The fourth-order valence-electron chi connectivity index (χ4n) is 2.05. The van der Waals surface area contributed by atoms with E-state index in [2.05, 4.69) is 0 Å². The summed E-state index contributed by atoms with van der Waals surface area (Å²) in [7, 11) is 1.48. The average Bonchev–Trinajstić information content (AvgIpc) is 2.52. The molecule has 0 fully saturated rings. The number of hydrogen-bond donors (Lipinski definition) is 0. The number of aromatic nitrogens is 3. The Hall–Kier alpha value is -1.60. The largest absolute Gasteiger partial charge is 0.347 e. The quantitative estimate of drug-likeness (QED) is 0.403. The van der Waals surface area contributed by atoms with Gasteiger partial charge < -0.3 is 0 Å². The predicted octanol–water partition coefficient (Wildman–Crippen LogP) is -1.38. The van der Waals surface area contributed by atoms with Gasteiger partial charge in [0.1, 0.15) is 13.2 Å². The highest BCUT2D eigenvalue weighted by molar-refractivity contribution is 5.18. The molecule has 0 saturated heterocycles. The molecule has 86 valence electrons. The molecule has 3 heterocycles. The summed E-state index contributed by atoms with van der Waals surface area (Å²) in [5.41, 5.74) is 1.48. The van der Waals surface area contributed by atoms with Crippen molar-refractivity contribution in [2.75, 3.05) is 13.2 Å². The highest BCUT2D eigenvalue weighted by Crippen LogP contribution is 2.18. The molecule has 0 unspecified atom stereocenters. The molecule has 1 aromatic rings. The Morgan fingerprint density at radius 1 is 0.938 bits per heavy atom.